The average Bonchev–Trinajstić information content (AvgIpc) is 0.933. The fourth-order valence-corrected chi connectivity index (χ4v) is 13.6. The number of carbonyl (C=O) groups excluding carboxylic acids is 11. The standard InChI is InChI=1S/C64H102F5N11O11S/c1-14-42(6)56-62(90)76(10)38-54(83)74(8)39-55(84)78(12)51(36-45-21-16-15-17-22-45)61(89)75(9)37-52(81)71-47(29-26-44-24-27-46(28-25-44)92(65,66,67,68)69)60(88)80-32-20-23-48(80)59(87)73-64(30-18-19-31-64)63(91)79(13)50(34-41(4)5)57(85)70-43(7)35-53(82)77(11)49(33-40(2)3)58(86)72-56/h24-25,27-28,40-43,45,47-51,56H,14-23,26,29-39H2,1-13H3,(H,70,85)(H,71,81)(H,72,86)(H,73,87)/t42-,43+,47-,48-,49-,50-,51-,56-/m0/s1. The second kappa shape index (κ2) is 31.1. The van der Waals surface area contributed by atoms with E-state index in [-0.39, 0.29) is 99.8 Å². The van der Waals surface area contributed by atoms with E-state index in [0.29, 0.717) is 25.7 Å². The number of likely N-dealkylation sites (N-methyl/N-ethyl adjacent to an activating group) is 6. The number of nitrogens with one attached hydrogen (secondary N) is 4. The van der Waals surface area contributed by atoms with E-state index in [1.165, 1.54) is 61.9 Å². The van der Waals surface area contributed by atoms with E-state index in [1.54, 1.807) is 13.8 Å². The third-order valence-corrected chi connectivity index (χ3v) is 20.0. The number of amides is 11. The first-order valence-electron chi connectivity index (χ1n) is 32.6. The molecule has 11 amide bonds. The Balaban J connectivity index is 1.55. The van der Waals surface area contributed by atoms with Crippen molar-refractivity contribution in [1.82, 2.24) is 55.6 Å². The van der Waals surface area contributed by atoms with Gasteiger partial charge in [-0.1, -0.05) is 124 Å². The maximum absolute atomic E-state index is 15.0. The predicted octanol–water partition coefficient (Wildman–Crippen LogP) is 6.54. The van der Waals surface area contributed by atoms with Crippen LogP contribution in [0.25, 0.3) is 0 Å². The zero-order chi connectivity index (χ0) is 69.0. The van der Waals surface area contributed by atoms with Crippen LogP contribution >= 0.6 is 10.2 Å². The largest absolute Gasteiger partial charge is 0.351 e. The molecule has 2 saturated heterocycles. The Morgan fingerprint density at radius 3 is 1.68 bits per heavy atom. The highest BCUT2D eigenvalue weighted by Crippen LogP contribution is 3.02. The molecule has 520 valence electrons. The molecule has 4 fully saturated rings. The number of hydrogen-bond donors (Lipinski definition) is 4. The molecule has 2 aliphatic heterocycles. The van der Waals surface area contributed by atoms with Crippen molar-refractivity contribution in [3.05, 3.63) is 29.8 Å². The third kappa shape index (κ3) is 20.4. The molecule has 0 radical (unpaired) electrons. The number of carbonyl (C=O) groups is 11. The Morgan fingerprint density at radius 1 is 0.576 bits per heavy atom. The summed E-state index contributed by atoms with van der Waals surface area (Å²) in [6, 6.07) is -5.86. The first-order valence-corrected chi connectivity index (χ1v) is 34.5. The van der Waals surface area contributed by atoms with Crippen molar-refractivity contribution in [1.29, 1.82) is 0 Å². The SMILES string of the molecule is CC[C@H](C)[C@@H]1NC(=O)[C@H](CC(C)C)N(C)C(=O)C[C@@H](C)NC(=O)[C@H](CC(C)C)N(C)C(=O)C2(CCCC2)NC(=O)[C@@H]2CCCN2C(=O)[C@H](CCc2ccc(S(F)(F)(F)(F)F)cc2)NC(=O)CN(C)C(=O)[C@H](CC2CCCCC2)N(C)C(=O)CN(C)C(=O)CN(C)C1=O. The highest BCUT2D eigenvalue weighted by Gasteiger charge is 2.65. The minimum Gasteiger partial charge on any atom is -0.351 e. The zero-order valence-electron chi connectivity index (χ0n) is 56.1. The molecule has 0 unspecified atom stereocenters. The van der Waals surface area contributed by atoms with Gasteiger partial charge in [-0.25, -0.2) is 0 Å². The smallest absolute Gasteiger partial charge is 0.310 e. The predicted molar refractivity (Wildman–Crippen MR) is 338 cm³/mol. The molecule has 5 rings (SSSR count). The second-order valence-electron chi connectivity index (χ2n) is 27.3. The Labute approximate surface area is 539 Å². The number of nitrogens with zero attached hydrogens (tertiary/aromatic N) is 7. The average molecular weight is 1330 g/mol. The molecule has 1 spiro atoms. The summed E-state index contributed by atoms with van der Waals surface area (Å²) in [6.07, 6.45) is 6.23. The Kier molecular flexibility index (Phi) is 25.7. The van der Waals surface area contributed by atoms with Crippen LogP contribution in [0.2, 0.25) is 0 Å². The summed E-state index contributed by atoms with van der Waals surface area (Å²) < 4.78 is 68.8. The summed E-state index contributed by atoms with van der Waals surface area (Å²) in [5.41, 5.74) is -1.43. The van der Waals surface area contributed by atoms with Crippen LogP contribution in [0.15, 0.2) is 29.2 Å². The van der Waals surface area contributed by atoms with Gasteiger partial charge in [-0.3, -0.25) is 52.7 Å². The molecular formula is C64H102F5N11O11S. The highest BCUT2D eigenvalue weighted by molar-refractivity contribution is 8.45. The number of aryl methyl sites for hydroxylation is 1. The Morgan fingerprint density at radius 2 is 1.12 bits per heavy atom. The summed E-state index contributed by atoms with van der Waals surface area (Å²) in [5, 5.41) is 11.4. The van der Waals surface area contributed by atoms with Gasteiger partial charge in [0.25, 0.3) is 0 Å². The van der Waals surface area contributed by atoms with Crippen LogP contribution in [0.5, 0.6) is 0 Å². The minimum atomic E-state index is -10.1. The number of rotatable bonds is 12. The van der Waals surface area contributed by atoms with Gasteiger partial charge in [0.05, 0.1) is 19.6 Å². The molecule has 2 saturated carbocycles. The first kappa shape index (κ1) is 76.1. The van der Waals surface area contributed by atoms with Crippen LogP contribution in [0.3, 0.4) is 0 Å². The highest BCUT2D eigenvalue weighted by atomic mass is 32.5. The maximum atomic E-state index is 15.0. The van der Waals surface area contributed by atoms with Crippen LogP contribution in [0.1, 0.15) is 163 Å². The van der Waals surface area contributed by atoms with Crippen molar-refractivity contribution in [3.8, 4) is 0 Å². The molecule has 28 heteroatoms. The van der Waals surface area contributed by atoms with E-state index in [2.05, 4.69) is 21.3 Å². The lowest BCUT2D eigenvalue weighted by atomic mass is 9.84. The van der Waals surface area contributed by atoms with E-state index < -0.39 is 153 Å². The molecule has 0 bridgehead atoms. The van der Waals surface area contributed by atoms with Crippen molar-refractivity contribution in [3.63, 3.8) is 0 Å². The van der Waals surface area contributed by atoms with Crippen LogP contribution in [0.4, 0.5) is 19.4 Å². The molecule has 2 aliphatic carbocycles. The van der Waals surface area contributed by atoms with E-state index in [9.17, 15) is 67.4 Å². The zero-order valence-corrected chi connectivity index (χ0v) is 57.0. The molecule has 22 nitrogen and oxygen atoms in total. The van der Waals surface area contributed by atoms with Gasteiger partial charge in [0, 0.05) is 61.3 Å². The Bertz CT molecular complexity index is 2840. The fourth-order valence-electron chi connectivity index (χ4n) is 13.0. The third-order valence-electron chi connectivity index (χ3n) is 18.8. The molecular weight excluding hydrogens is 1230 g/mol. The molecule has 4 aliphatic rings. The number of benzene rings is 1. The summed E-state index contributed by atoms with van der Waals surface area (Å²) >= 11 is 0. The second-order valence-corrected chi connectivity index (χ2v) is 29.7. The van der Waals surface area contributed by atoms with E-state index >= 15 is 4.79 Å². The van der Waals surface area contributed by atoms with Crippen molar-refractivity contribution in [2.24, 2.45) is 23.7 Å². The van der Waals surface area contributed by atoms with E-state index in [4.69, 9.17) is 0 Å². The number of fused-ring (bicyclic) bond motifs is 1. The van der Waals surface area contributed by atoms with Gasteiger partial charge in [-0.15, -0.1) is 0 Å². The Hall–Kier alpha value is -6.61. The van der Waals surface area contributed by atoms with Gasteiger partial charge in [-0.05, 0) is 106 Å². The van der Waals surface area contributed by atoms with Gasteiger partial charge in [-0.2, -0.15) is 0 Å². The maximum Gasteiger partial charge on any atom is 0.310 e. The van der Waals surface area contributed by atoms with Gasteiger partial charge < -0.3 is 55.6 Å². The van der Waals surface area contributed by atoms with Crippen LogP contribution < -0.4 is 21.3 Å². The fraction of sp³-hybridized carbons (Fsp3) is 0.734. The lowest BCUT2D eigenvalue weighted by Crippen LogP contribution is -2.64. The lowest BCUT2D eigenvalue weighted by molar-refractivity contribution is -0.149. The molecule has 8 atom stereocenters. The lowest BCUT2D eigenvalue weighted by Gasteiger charge is -2.40. The number of hydrogen-bond acceptors (Lipinski definition) is 11. The quantitative estimate of drug-likeness (QED) is 0.163. The molecule has 92 heavy (non-hydrogen) atoms. The van der Waals surface area contributed by atoms with Crippen molar-refractivity contribution < 1.29 is 72.2 Å². The summed E-state index contributed by atoms with van der Waals surface area (Å²) in [4.78, 5) is 166. The monoisotopic (exact) mass is 1330 g/mol. The summed E-state index contributed by atoms with van der Waals surface area (Å²) in [5.74, 6) is -7.91. The number of halogens is 5. The van der Waals surface area contributed by atoms with E-state index in [1.807, 2.05) is 34.6 Å². The molecule has 4 N–H and O–H groups in total. The van der Waals surface area contributed by atoms with Crippen molar-refractivity contribution in [2.45, 2.75) is 217 Å². The molecule has 0 aromatic heterocycles. The molecule has 2 heterocycles. The van der Waals surface area contributed by atoms with Gasteiger partial charge in [0.15, 0.2) is 0 Å². The molecule has 1 aromatic rings. The van der Waals surface area contributed by atoms with Crippen molar-refractivity contribution >= 4 is 75.2 Å². The summed E-state index contributed by atoms with van der Waals surface area (Å²) in [7, 11) is -1.65. The topological polar surface area (TPSA) is 259 Å². The first-order chi connectivity index (χ1) is 42.7. The van der Waals surface area contributed by atoms with Crippen LogP contribution in [-0.2, 0) is 59.2 Å². The minimum absolute atomic E-state index is 0.000708. The van der Waals surface area contributed by atoms with Gasteiger partial charge in [0.1, 0.15) is 46.7 Å². The van der Waals surface area contributed by atoms with Gasteiger partial charge in [0.2, 0.25) is 65.0 Å². The molecule has 1 aromatic carbocycles. The van der Waals surface area contributed by atoms with E-state index in [0.717, 1.165) is 58.9 Å². The van der Waals surface area contributed by atoms with Crippen LogP contribution in [0, 0.1) is 23.7 Å². The van der Waals surface area contributed by atoms with Crippen molar-refractivity contribution in [2.75, 3.05) is 68.5 Å². The van der Waals surface area contributed by atoms with Gasteiger partial charge >= 0.3 is 10.2 Å². The van der Waals surface area contributed by atoms with Crippen LogP contribution in [-0.4, -0.2) is 216 Å². The summed E-state index contributed by atoms with van der Waals surface area (Å²) in [6.45, 7) is 11.0. The normalized spacial score (nSPS) is 26.8.